The van der Waals surface area contributed by atoms with Crippen molar-refractivity contribution in [2.24, 2.45) is 5.41 Å². The second-order valence-electron chi connectivity index (χ2n) is 5.19. The molecule has 0 bridgehead atoms. The zero-order valence-corrected chi connectivity index (χ0v) is 10.3. The maximum absolute atomic E-state index is 3.95. The summed E-state index contributed by atoms with van der Waals surface area (Å²) in [6, 6.07) is 0. The summed E-state index contributed by atoms with van der Waals surface area (Å²) in [7, 11) is 0.0716. The lowest BCUT2D eigenvalue weighted by molar-refractivity contribution is 0.350. The summed E-state index contributed by atoms with van der Waals surface area (Å²) in [5.74, 6) is 0. The summed E-state index contributed by atoms with van der Waals surface area (Å²) in [5.41, 5.74) is 0.412. The van der Waals surface area contributed by atoms with E-state index in [1.807, 2.05) is 0 Å². The molecule has 0 aromatic carbocycles. The van der Waals surface area contributed by atoms with Crippen molar-refractivity contribution in [3.8, 4) is 0 Å². The summed E-state index contributed by atoms with van der Waals surface area (Å²) in [4.78, 5) is 0. The number of allylic oxidation sites excluding steroid dienone is 1. The Morgan fingerprint density at radius 2 is 1.58 bits per heavy atom. The van der Waals surface area contributed by atoms with Gasteiger partial charge in [-0.15, -0.1) is 14.5 Å². The van der Waals surface area contributed by atoms with Crippen LogP contribution >= 0.6 is 7.92 Å². The summed E-state index contributed by atoms with van der Waals surface area (Å²) >= 11 is 0. The molecule has 0 aliphatic rings. The number of hydrogen-bond donors (Lipinski definition) is 0. The first kappa shape index (κ1) is 12.2. The highest BCUT2D eigenvalue weighted by Crippen LogP contribution is 2.49. The van der Waals surface area contributed by atoms with Crippen molar-refractivity contribution in [2.75, 3.05) is 13.3 Å². The van der Waals surface area contributed by atoms with Gasteiger partial charge in [-0.3, -0.25) is 0 Å². The molecule has 0 aliphatic heterocycles. The van der Waals surface area contributed by atoms with Gasteiger partial charge in [0.25, 0.3) is 0 Å². The monoisotopic (exact) mass is 186 g/mol. The van der Waals surface area contributed by atoms with Crippen LogP contribution < -0.4 is 0 Å². The third-order valence-corrected chi connectivity index (χ3v) is 4.73. The lowest BCUT2D eigenvalue weighted by atomic mass is 9.85. The molecule has 1 heteroatoms. The Hall–Kier alpha value is 0.170. The number of hydrogen-bond acceptors (Lipinski definition) is 0. The van der Waals surface area contributed by atoms with Gasteiger partial charge in [-0.25, -0.2) is 0 Å². The van der Waals surface area contributed by atoms with E-state index < -0.39 is 0 Å². The van der Waals surface area contributed by atoms with Crippen LogP contribution in [0.15, 0.2) is 12.7 Å². The maximum Gasteiger partial charge on any atom is 0.00529 e. The summed E-state index contributed by atoms with van der Waals surface area (Å²) < 4.78 is 0. The molecule has 0 amide bonds. The topological polar surface area (TPSA) is 0 Å². The largest absolute Gasteiger partial charge is 0.103 e. The van der Waals surface area contributed by atoms with Gasteiger partial charge in [0.2, 0.25) is 0 Å². The van der Waals surface area contributed by atoms with Crippen LogP contribution in [0.3, 0.4) is 0 Å². The fourth-order valence-electron chi connectivity index (χ4n) is 1.49. The van der Waals surface area contributed by atoms with Gasteiger partial charge in [-0.2, -0.15) is 0 Å². The van der Waals surface area contributed by atoms with Gasteiger partial charge < -0.3 is 0 Å². The van der Waals surface area contributed by atoms with Crippen LogP contribution in [-0.2, 0) is 0 Å². The molecule has 0 spiro atoms. The molecule has 0 nitrogen and oxygen atoms in total. The SMILES string of the molecule is C=CC(C)(CC(C)(C)C)P(C)C. The van der Waals surface area contributed by atoms with Crippen LogP contribution in [0.25, 0.3) is 0 Å². The van der Waals surface area contributed by atoms with Gasteiger partial charge in [0.15, 0.2) is 0 Å². The lowest BCUT2D eigenvalue weighted by Crippen LogP contribution is -2.25. The average molecular weight is 186 g/mol. The quantitative estimate of drug-likeness (QED) is 0.459. The van der Waals surface area contributed by atoms with Gasteiger partial charge in [-0.05, 0) is 25.2 Å². The molecule has 0 rings (SSSR count). The van der Waals surface area contributed by atoms with Crippen molar-refractivity contribution in [2.45, 2.75) is 39.3 Å². The molecular formula is C11H23P. The summed E-state index contributed by atoms with van der Waals surface area (Å²) in [6.07, 6.45) is 3.38. The molecule has 0 saturated carbocycles. The normalized spacial score (nSPS) is 17.6. The van der Waals surface area contributed by atoms with Crippen LogP contribution in [0.2, 0.25) is 0 Å². The number of rotatable bonds is 3. The molecule has 0 heterocycles. The Morgan fingerprint density at radius 1 is 1.17 bits per heavy atom. The van der Waals surface area contributed by atoms with E-state index >= 15 is 0 Å². The first-order valence-corrected chi connectivity index (χ1v) is 6.76. The fourth-order valence-corrected chi connectivity index (χ4v) is 2.64. The Kier molecular flexibility index (Phi) is 3.97. The van der Waals surface area contributed by atoms with Crippen molar-refractivity contribution >= 4 is 7.92 Å². The highest BCUT2D eigenvalue weighted by molar-refractivity contribution is 7.57. The van der Waals surface area contributed by atoms with E-state index in [4.69, 9.17) is 0 Å². The van der Waals surface area contributed by atoms with E-state index in [0.717, 1.165) is 0 Å². The zero-order valence-electron chi connectivity index (χ0n) is 9.44. The predicted octanol–water partition coefficient (Wildman–Crippen LogP) is 4.11. The third-order valence-electron chi connectivity index (χ3n) is 2.35. The van der Waals surface area contributed by atoms with Crippen molar-refractivity contribution < 1.29 is 0 Å². The molecule has 0 aliphatic carbocycles. The van der Waals surface area contributed by atoms with Crippen LogP contribution in [0.1, 0.15) is 34.1 Å². The minimum Gasteiger partial charge on any atom is -0.103 e. The predicted molar refractivity (Wildman–Crippen MR) is 61.4 cm³/mol. The van der Waals surface area contributed by atoms with E-state index in [9.17, 15) is 0 Å². The van der Waals surface area contributed by atoms with E-state index in [1.54, 1.807) is 0 Å². The molecule has 0 fully saturated rings. The molecule has 0 N–H and O–H groups in total. The maximum atomic E-state index is 3.95. The summed E-state index contributed by atoms with van der Waals surface area (Å²) in [5, 5.41) is 0.355. The molecule has 0 aromatic rings. The van der Waals surface area contributed by atoms with E-state index in [1.165, 1.54) is 6.42 Å². The van der Waals surface area contributed by atoms with Crippen molar-refractivity contribution in [1.82, 2.24) is 0 Å². The zero-order chi connectivity index (χ0) is 9.99. The molecule has 1 unspecified atom stereocenters. The minimum atomic E-state index is 0.0716. The average Bonchev–Trinajstić information content (AvgIpc) is 1.83. The van der Waals surface area contributed by atoms with E-state index in [2.05, 4.69) is 53.7 Å². The molecular weight excluding hydrogens is 163 g/mol. The second-order valence-corrected chi connectivity index (χ2v) is 8.00. The lowest BCUT2D eigenvalue weighted by Gasteiger charge is -2.36. The molecule has 0 saturated heterocycles. The molecule has 0 radical (unpaired) electrons. The summed E-state index contributed by atoms with van der Waals surface area (Å²) in [6.45, 7) is 17.9. The standard InChI is InChI=1S/C11H23P/c1-8-11(5,12(6)7)9-10(2,3)4/h8H,1,9H2,2-7H3. The minimum absolute atomic E-state index is 0.0716. The van der Waals surface area contributed by atoms with Crippen molar-refractivity contribution in [1.29, 1.82) is 0 Å². The van der Waals surface area contributed by atoms with Crippen LogP contribution in [0.4, 0.5) is 0 Å². The highest BCUT2D eigenvalue weighted by atomic mass is 31.1. The van der Waals surface area contributed by atoms with Crippen molar-refractivity contribution in [3.63, 3.8) is 0 Å². The van der Waals surface area contributed by atoms with Gasteiger partial charge in [0, 0.05) is 5.16 Å². The Morgan fingerprint density at radius 3 is 1.67 bits per heavy atom. The first-order valence-electron chi connectivity index (χ1n) is 4.52. The molecule has 1 atom stereocenters. The third kappa shape index (κ3) is 3.72. The molecule has 0 aromatic heterocycles. The Labute approximate surface area is 79.2 Å². The smallest absolute Gasteiger partial charge is 0.00529 e. The van der Waals surface area contributed by atoms with E-state index in [-0.39, 0.29) is 7.92 Å². The first-order chi connectivity index (χ1) is 5.21. The highest BCUT2D eigenvalue weighted by Gasteiger charge is 2.29. The second kappa shape index (κ2) is 3.92. The van der Waals surface area contributed by atoms with Gasteiger partial charge >= 0.3 is 0 Å². The van der Waals surface area contributed by atoms with Crippen LogP contribution in [-0.4, -0.2) is 18.5 Å². The fraction of sp³-hybridized carbons (Fsp3) is 0.818. The van der Waals surface area contributed by atoms with Gasteiger partial charge in [0.1, 0.15) is 0 Å². The van der Waals surface area contributed by atoms with Gasteiger partial charge in [0.05, 0.1) is 0 Å². The van der Waals surface area contributed by atoms with Crippen LogP contribution in [0.5, 0.6) is 0 Å². The van der Waals surface area contributed by atoms with Crippen molar-refractivity contribution in [3.05, 3.63) is 12.7 Å². The van der Waals surface area contributed by atoms with Crippen LogP contribution in [0, 0.1) is 5.41 Å². The van der Waals surface area contributed by atoms with Gasteiger partial charge in [-0.1, -0.05) is 33.8 Å². The Balaban J connectivity index is 4.45. The molecule has 72 valence electrons. The Bertz CT molecular complexity index is 153. The van der Waals surface area contributed by atoms with E-state index in [0.29, 0.717) is 10.6 Å². The molecule has 12 heavy (non-hydrogen) atoms.